The van der Waals surface area contributed by atoms with Crippen LogP contribution < -0.4 is 5.32 Å². The molecular formula is C13H15N3O3. The Kier molecular flexibility index (Phi) is 3.91. The molecule has 0 fully saturated rings. The van der Waals surface area contributed by atoms with Crippen LogP contribution in [0.25, 0.3) is 0 Å². The van der Waals surface area contributed by atoms with E-state index in [0.29, 0.717) is 24.2 Å². The van der Waals surface area contributed by atoms with E-state index in [2.05, 4.69) is 10.4 Å². The summed E-state index contributed by atoms with van der Waals surface area (Å²) in [6, 6.07) is 6.94. The number of hydrogen-bond acceptors (Lipinski definition) is 4. The van der Waals surface area contributed by atoms with Gasteiger partial charge in [-0.25, -0.2) is 5.01 Å². The van der Waals surface area contributed by atoms with Gasteiger partial charge in [0, 0.05) is 25.6 Å². The van der Waals surface area contributed by atoms with Crippen molar-refractivity contribution in [2.75, 3.05) is 12.4 Å². The maximum Gasteiger partial charge on any atom is 0.271 e. The molecule has 1 aromatic rings. The van der Waals surface area contributed by atoms with E-state index in [1.165, 1.54) is 12.1 Å². The summed E-state index contributed by atoms with van der Waals surface area (Å²) >= 11 is 0. The minimum atomic E-state index is -0.325. The van der Waals surface area contributed by atoms with Crippen molar-refractivity contribution in [2.45, 2.75) is 19.4 Å². The summed E-state index contributed by atoms with van der Waals surface area (Å²) in [5.41, 5.74) is 1.64. The minimum absolute atomic E-state index is 0.0815. The van der Waals surface area contributed by atoms with Gasteiger partial charge in [-0.2, -0.15) is 5.10 Å². The Morgan fingerprint density at radius 3 is 2.95 bits per heavy atom. The summed E-state index contributed by atoms with van der Waals surface area (Å²) in [6.45, 7) is -0.0815. The highest BCUT2D eigenvalue weighted by Gasteiger charge is 2.21. The number of benzene rings is 1. The van der Waals surface area contributed by atoms with E-state index in [-0.39, 0.29) is 18.4 Å². The fraction of sp³-hybridized carbons (Fsp3) is 0.308. The zero-order chi connectivity index (χ0) is 13.8. The van der Waals surface area contributed by atoms with Crippen molar-refractivity contribution < 1.29 is 14.7 Å². The van der Waals surface area contributed by atoms with Crippen LogP contribution in [0.2, 0.25) is 0 Å². The smallest absolute Gasteiger partial charge is 0.271 e. The van der Waals surface area contributed by atoms with Gasteiger partial charge in [0.25, 0.3) is 5.91 Å². The van der Waals surface area contributed by atoms with Gasteiger partial charge in [-0.15, -0.1) is 0 Å². The van der Waals surface area contributed by atoms with Crippen molar-refractivity contribution in [3.05, 3.63) is 29.8 Å². The Hall–Kier alpha value is -2.21. The fourth-order valence-corrected chi connectivity index (χ4v) is 1.78. The molecule has 2 N–H and O–H groups in total. The highest BCUT2D eigenvalue weighted by molar-refractivity contribution is 6.43. The van der Waals surface area contributed by atoms with Gasteiger partial charge in [0.2, 0.25) is 5.91 Å². The summed E-state index contributed by atoms with van der Waals surface area (Å²) in [7, 11) is 1.53. The molecule has 0 bridgehead atoms. The zero-order valence-electron chi connectivity index (χ0n) is 10.6. The maximum atomic E-state index is 12.0. The quantitative estimate of drug-likeness (QED) is 0.841. The molecule has 100 valence electrons. The van der Waals surface area contributed by atoms with E-state index >= 15 is 0 Å². The standard InChI is InChI=1S/C13H15N3O3/c1-16-12(18)6-5-11(15-16)13(19)14-10-4-2-3-9(7-10)8-17/h2-4,7,17H,5-6,8H2,1H3,(H,14,19). The monoisotopic (exact) mass is 261 g/mol. The number of carbonyl (C=O) groups excluding carboxylic acids is 2. The third kappa shape index (κ3) is 3.17. The molecule has 0 saturated heterocycles. The molecule has 0 saturated carbocycles. The molecule has 0 aromatic heterocycles. The van der Waals surface area contributed by atoms with E-state index < -0.39 is 0 Å². The molecule has 0 spiro atoms. The third-order valence-corrected chi connectivity index (χ3v) is 2.84. The maximum absolute atomic E-state index is 12.0. The number of carbonyl (C=O) groups is 2. The average molecular weight is 261 g/mol. The first-order chi connectivity index (χ1) is 9.10. The number of nitrogens with zero attached hydrogens (tertiary/aromatic N) is 2. The van der Waals surface area contributed by atoms with Gasteiger partial charge in [-0.1, -0.05) is 12.1 Å². The van der Waals surface area contributed by atoms with Crippen LogP contribution in [0.1, 0.15) is 18.4 Å². The number of amides is 2. The normalized spacial score (nSPS) is 15.2. The topological polar surface area (TPSA) is 82.0 Å². The van der Waals surface area contributed by atoms with Gasteiger partial charge < -0.3 is 10.4 Å². The van der Waals surface area contributed by atoms with Crippen molar-refractivity contribution in [2.24, 2.45) is 5.10 Å². The Balaban J connectivity index is 2.09. The average Bonchev–Trinajstić information content (AvgIpc) is 2.42. The molecule has 6 heteroatoms. The highest BCUT2D eigenvalue weighted by Crippen LogP contribution is 2.13. The molecular weight excluding hydrogens is 246 g/mol. The van der Waals surface area contributed by atoms with Crippen molar-refractivity contribution in [1.82, 2.24) is 5.01 Å². The van der Waals surface area contributed by atoms with E-state index in [1.807, 2.05) is 0 Å². The second-order valence-electron chi connectivity index (χ2n) is 4.28. The van der Waals surface area contributed by atoms with Gasteiger partial charge in [-0.05, 0) is 17.7 Å². The number of hydrogen-bond donors (Lipinski definition) is 2. The second-order valence-corrected chi connectivity index (χ2v) is 4.28. The minimum Gasteiger partial charge on any atom is -0.392 e. The summed E-state index contributed by atoms with van der Waals surface area (Å²) in [6.07, 6.45) is 0.633. The molecule has 6 nitrogen and oxygen atoms in total. The number of rotatable bonds is 3. The first kappa shape index (κ1) is 13.2. The number of anilines is 1. The van der Waals surface area contributed by atoms with Crippen LogP contribution in [-0.4, -0.2) is 34.7 Å². The molecule has 0 atom stereocenters. The van der Waals surface area contributed by atoms with Gasteiger partial charge in [0.05, 0.1) is 6.61 Å². The molecule has 1 aromatic carbocycles. The first-order valence-corrected chi connectivity index (χ1v) is 5.95. The first-order valence-electron chi connectivity index (χ1n) is 5.95. The lowest BCUT2D eigenvalue weighted by Gasteiger charge is -2.18. The number of aliphatic hydroxyl groups is 1. The summed E-state index contributed by atoms with van der Waals surface area (Å²) in [5, 5.41) is 16.9. The Morgan fingerprint density at radius 2 is 2.26 bits per heavy atom. The molecule has 2 amide bonds. The molecule has 0 radical (unpaired) electrons. The van der Waals surface area contributed by atoms with Gasteiger partial charge >= 0.3 is 0 Å². The van der Waals surface area contributed by atoms with Crippen molar-refractivity contribution in [1.29, 1.82) is 0 Å². The molecule has 1 aliphatic heterocycles. The van der Waals surface area contributed by atoms with E-state index in [9.17, 15) is 9.59 Å². The van der Waals surface area contributed by atoms with Gasteiger partial charge in [0.15, 0.2) is 0 Å². The van der Waals surface area contributed by atoms with Gasteiger partial charge in [0.1, 0.15) is 5.71 Å². The number of nitrogens with one attached hydrogen (secondary N) is 1. The zero-order valence-corrected chi connectivity index (χ0v) is 10.6. The lowest BCUT2D eigenvalue weighted by atomic mass is 10.1. The van der Waals surface area contributed by atoms with Crippen LogP contribution in [0.5, 0.6) is 0 Å². The third-order valence-electron chi connectivity index (χ3n) is 2.84. The summed E-state index contributed by atoms with van der Waals surface area (Å²) in [5.74, 6) is -0.423. The molecule has 1 aliphatic rings. The highest BCUT2D eigenvalue weighted by atomic mass is 16.3. The van der Waals surface area contributed by atoms with Crippen molar-refractivity contribution >= 4 is 23.2 Å². The van der Waals surface area contributed by atoms with E-state index in [4.69, 9.17) is 5.11 Å². The number of hydrazone groups is 1. The summed E-state index contributed by atoms with van der Waals surface area (Å²) < 4.78 is 0. The number of aliphatic hydroxyl groups excluding tert-OH is 1. The Morgan fingerprint density at radius 1 is 1.47 bits per heavy atom. The molecule has 19 heavy (non-hydrogen) atoms. The van der Waals surface area contributed by atoms with E-state index in [0.717, 1.165) is 5.56 Å². The van der Waals surface area contributed by atoms with Crippen molar-refractivity contribution in [3.63, 3.8) is 0 Å². The lowest BCUT2D eigenvalue weighted by molar-refractivity contribution is -0.130. The van der Waals surface area contributed by atoms with Crippen LogP contribution in [-0.2, 0) is 16.2 Å². The second kappa shape index (κ2) is 5.62. The molecule has 0 unspecified atom stereocenters. The SMILES string of the molecule is CN1N=C(C(=O)Nc2cccc(CO)c2)CCC1=O. The Bertz CT molecular complexity index is 540. The molecule has 0 aliphatic carbocycles. The lowest BCUT2D eigenvalue weighted by Crippen LogP contribution is -2.34. The largest absolute Gasteiger partial charge is 0.392 e. The molecule has 1 heterocycles. The van der Waals surface area contributed by atoms with Crippen LogP contribution in [0.4, 0.5) is 5.69 Å². The van der Waals surface area contributed by atoms with Crippen molar-refractivity contribution in [3.8, 4) is 0 Å². The fourth-order valence-electron chi connectivity index (χ4n) is 1.78. The predicted octanol–water partition coefficient (Wildman–Crippen LogP) is 0.726. The van der Waals surface area contributed by atoms with Crippen LogP contribution >= 0.6 is 0 Å². The van der Waals surface area contributed by atoms with Crippen LogP contribution in [0, 0.1) is 0 Å². The van der Waals surface area contributed by atoms with E-state index in [1.54, 1.807) is 24.3 Å². The van der Waals surface area contributed by atoms with Crippen LogP contribution in [0.3, 0.4) is 0 Å². The molecule has 2 rings (SSSR count). The predicted molar refractivity (Wildman–Crippen MR) is 70.4 cm³/mol. The van der Waals surface area contributed by atoms with Crippen LogP contribution in [0.15, 0.2) is 29.4 Å². The van der Waals surface area contributed by atoms with Gasteiger partial charge in [-0.3, -0.25) is 9.59 Å². The summed E-state index contributed by atoms with van der Waals surface area (Å²) in [4.78, 5) is 23.2. The Labute approximate surface area is 110 Å².